The van der Waals surface area contributed by atoms with Crippen LogP contribution in [-0.2, 0) is 9.59 Å². The van der Waals surface area contributed by atoms with Crippen LogP contribution in [0.2, 0.25) is 0 Å². The fraction of sp³-hybridized carbons (Fsp3) is 0.286. The van der Waals surface area contributed by atoms with Crippen molar-refractivity contribution in [2.45, 2.75) is 6.42 Å². The number of hydrogen-bond donors (Lipinski definition) is 1. The van der Waals surface area contributed by atoms with E-state index in [-0.39, 0.29) is 30.7 Å². The van der Waals surface area contributed by atoms with Crippen LogP contribution >= 0.6 is 0 Å². The van der Waals surface area contributed by atoms with Crippen LogP contribution in [0.5, 0.6) is 0 Å². The molecule has 0 saturated carbocycles. The molecule has 1 N–H and O–H groups in total. The first-order chi connectivity index (χ1) is 8.72. The first-order valence-corrected chi connectivity index (χ1v) is 5.79. The summed E-state index contributed by atoms with van der Waals surface area (Å²) in [5.41, 5.74) is 0.828. The molecule has 1 aromatic rings. The van der Waals surface area contributed by atoms with Gasteiger partial charge in [0.05, 0.1) is 12.5 Å². The fourth-order valence-electron chi connectivity index (χ4n) is 2.02. The van der Waals surface area contributed by atoms with Gasteiger partial charge >= 0.3 is 0 Å². The van der Waals surface area contributed by atoms with Gasteiger partial charge in [0.15, 0.2) is 0 Å². The van der Waals surface area contributed by atoms with Crippen LogP contribution in [0.4, 0.5) is 5.69 Å². The number of benzene rings is 1. The van der Waals surface area contributed by atoms with E-state index in [1.54, 1.807) is 4.90 Å². The highest BCUT2D eigenvalue weighted by molar-refractivity contribution is 6.00. The van der Waals surface area contributed by atoms with E-state index in [2.05, 4.69) is 11.2 Å². The minimum atomic E-state index is -0.314. The molecule has 18 heavy (non-hydrogen) atoms. The zero-order chi connectivity index (χ0) is 13.0. The summed E-state index contributed by atoms with van der Waals surface area (Å²) in [6, 6.07) is 9.35. The second-order valence-corrected chi connectivity index (χ2v) is 4.16. The summed E-state index contributed by atoms with van der Waals surface area (Å²) in [5.74, 6) is 1.85. The maximum Gasteiger partial charge on any atom is 0.227 e. The minimum absolute atomic E-state index is 0.0259. The predicted octanol–water partition coefficient (Wildman–Crippen LogP) is 0.789. The number of terminal acetylenes is 1. The lowest BCUT2D eigenvalue weighted by Crippen LogP contribution is -2.33. The number of nitrogens with one attached hydrogen (secondary N) is 1. The van der Waals surface area contributed by atoms with Crippen molar-refractivity contribution in [3.05, 3.63) is 30.3 Å². The summed E-state index contributed by atoms with van der Waals surface area (Å²) in [7, 11) is 0. The van der Waals surface area contributed by atoms with E-state index in [4.69, 9.17) is 6.42 Å². The molecule has 92 valence electrons. The van der Waals surface area contributed by atoms with Crippen LogP contribution in [0, 0.1) is 18.3 Å². The highest BCUT2D eigenvalue weighted by atomic mass is 16.2. The molecule has 0 bridgehead atoms. The molecule has 2 amide bonds. The molecule has 2 rings (SSSR count). The Morgan fingerprint density at radius 1 is 1.44 bits per heavy atom. The lowest BCUT2D eigenvalue weighted by Gasteiger charge is -2.16. The van der Waals surface area contributed by atoms with Crippen molar-refractivity contribution in [1.82, 2.24) is 5.32 Å². The Hall–Kier alpha value is -2.28. The topological polar surface area (TPSA) is 49.4 Å². The van der Waals surface area contributed by atoms with Crippen molar-refractivity contribution in [3.63, 3.8) is 0 Å². The van der Waals surface area contributed by atoms with Crippen molar-refractivity contribution < 1.29 is 9.59 Å². The largest absolute Gasteiger partial charge is 0.345 e. The number of carbonyl (C=O) groups excluding carboxylic acids is 2. The van der Waals surface area contributed by atoms with E-state index < -0.39 is 0 Å². The molecular formula is C14H14N2O2. The van der Waals surface area contributed by atoms with Crippen LogP contribution in [0.25, 0.3) is 0 Å². The zero-order valence-corrected chi connectivity index (χ0v) is 9.93. The number of carbonyl (C=O) groups is 2. The number of amides is 2. The van der Waals surface area contributed by atoms with Crippen LogP contribution in [-0.4, -0.2) is 24.9 Å². The van der Waals surface area contributed by atoms with Gasteiger partial charge in [0.1, 0.15) is 0 Å². The first-order valence-electron chi connectivity index (χ1n) is 5.79. The molecule has 1 aliphatic heterocycles. The third-order valence-electron chi connectivity index (χ3n) is 2.93. The molecule has 1 saturated heterocycles. The van der Waals surface area contributed by atoms with Gasteiger partial charge in [0, 0.05) is 18.7 Å². The summed E-state index contributed by atoms with van der Waals surface area (Å²) >= 11 is 0. The monoisotopic (exact) mass is 242 g/mol. The number of rotatable bonds is 3. The van der Waals surface area contributed by atoms with Gasteiger partial charge in [0.2, 0.25) is 11.8 Å². The molecular weight excluding hydrogens is 228 g/mol. The van der Waals surface area contributed by atoms with E-state index >= 15 is 0 Å². The van der Waals surface area contributed by atoms with Gasteiger partial charge in [-0.05, 0) is 12.1 Å². The van der Waals surface area contributed by atoms with E-state index in [1.165, 1.54) is 0 Å². The zero-order valence-electron chi connectivity index (χ0n) is 9.93. The van der Waals surface area contributed by atoms with Crippen molar-refractivity contribution >= 4 is 17.5 Å². The van der Waals surface area contributed by atoms with E-state index in [0.29, 0.717) is 6.54 Å². The van der Waals surface area contributed by atoms with E-state index in [0.717, 1.165) is 5.69 Å². The Bertz CT molecular complexity index is 490. The van der Waals surface area contributed by atoms with Gasteiger partial charge in [-0.25, -0.2) is 0 Å². The number of anilines is 1. The molecule has 1 heterocycles. The van der Waals surface area contributed by atoms with Gasteiger partial charge in [-0.3, -0.25) is 9.59 Å². The molecule has 1 unspecified atom stereocenters. The molecule has 1 aliphatic rings. The highest BCUT2D eigenvalue weighted by Gasteiger charge is 2.34. The number of hydrogen-bond acceptors (Lipinski definition) is 2. The summed E-state index contributed by atoms with van der Waals surface area (Å²) in [6.07, 6.45) is 5.32. The van der Waals surface area contributed by atoms with E-state index in [1.807, 2.05) is 30.3 Å². The Kier molecular flexibility index (Phi) is 3.63. The molecule has 4 nitrogen and oxygen atoms in total. The number of nitrogens with zero attached hydrogens (tertiary/aromatic N) is 1. The SMILES string of the molecule is C#CCNC(=O)C1CC(=O)N(c2ccccc2)C1. The lowest BCUT2D eigenvalue weighted by atomic mass is 10.1. The average molecular weight is 242 g/mol. The summed E-state index contributed by atoms with van der Waals surface area (Å²) < 4.78 is 0. The second-order valence-electron chi connectivity index (χ2n) is 4.16. The second kappa shape index (κ2) is 5.37. The quantitative estimate of drug-likeness (QED) is 0.797. The molecule has 0 aromatic heterocycles. The standard InChI is InChI=1S/C14H14N2O2/c1-2-8-15-14(18)11-9-13(17)16(10-11)12-6-4-3-5-7-12/h1,3-7,11H,8-10H2,(H,15,18). The van der Waals surface area contributed by atoms with Crippen LogP contribution in [0.15, 0.2) is 30.3 Å². The maximum atomic E-state index is 11.9. The van der Waals surface area contributed by atoms with Gasteiger partial charge < -0.3 is 10.2 Å². The Labute approximate surface area is 106 Å². The van der Waals surface area contributed by atoms with Gasteiger partial charge in [-0.1, -0.05) is 24.1 Å². The Morgan fingerprint density at radius 3 is 2.83 bits per heavy atom. The number of para-hydroxylation sites is 1. The summed E-state index contributed by atoms with van der Waals surface area (Å²) in [6.45, 7) is 0.619. The molecule has 0 aliphatic carbocycles. The molecule has 4 heteroatoms. The van der Waals surface area contributed by atoms with E-state index in [9.17, 15) is 9.59 Å². The van der Waals surface area contributed by atoms with Crippen LogP contribution in [0.1, 0.15) is 6.42 Å². The third-order valence-corrected chi connectivity index (χ3v) is 2.93. The fourth-order valence-corrected chi connectivity index (χ4v) is 2.02. The summed E-state index contributed by atoms with van der Waals surface area (Å²) in [5, 5.41) is 2.61. The Morgan fingerprint density at radius 2 is 2.17 bits per heavy atom. The van der Waals surface area contributed by atoms with Crippen molar-refractivity contribution in [1.29, 1.82) is 0 Å². The first kappa shape index (κ1) is 12.2. The molecule has 1 atom stereocenters. The smallest absolute Gasteiger partial charge is 0.227 e. The molecule has 1 aromatic carbocycles. The van der Waals surface area contributed by atoms with Crippen LogP contribution < -0.4 is 10.2 Å². The minimum Gasteiger partial charge on any atom is -0.345 e. The molecule has 1 fully saturated rings. The average Bonchev–Trinajstić information content (AvgIpc) is 2.79. The summed E-state index contributed by atoms with van der Waals surface area (Å²) in [4.78, 5) is 25.2. The van der Waals surface area contributed by atoms with Crippen LogP contribution in [0.3, 0.4) is 0 Å². The van der Waals surface area contributed by atoms with Gasteiger partial charge in [-0.2, -0.15) is 0 Å². The maximum absolute atomic E-state index is 11.9. The molecule has 0 spiro atoms. The lowest BCUT2D eigenvalue weighted by molar-refractivity contribution is -0.126. The Balaban J connectivity index is 2.04. The van der Waals surface area contributed by atoms with Crippen molar-refractivity contribution in [2.75, 3.05) is 18.0 Å². The third kappa shape index (κ3) is 2.51. The normalized spacial score (nSPS) is 18.5. The molecule has 0 radical (unpaired) electrons. The highest BCUT2D eigenvalue weighted by Crippen LogP contribution is 2.24. The predicted molar refractivity (Wildman–Crippen MR) is 68.7 cm³/mol. The van der Waals surface area contributed by atoms with Gasteiger partial charge in [0.25, 0.3) is 0 Å². The van der Waals surface area contributed by atoms with Crippen molar-refractivity contribution in [3.8, 4) is 12.3 Å². The van der Waals surface area contributed by atoms with Gasteiger partial charge in [-0.15, -0.1) is 6.42 Å². The van der Waals surface area contributed by atoms with Crippen molar-refractivity contribution in [2.24, 2.45) is 5.92 Å².